The minimum Gasteiger partial charge on any atom is -0.384 e. The summed E-state index contributed by atoms with van der Waals surface area (Å²) in [6, 6.07) is 23.3. The molecule has 0 spiro atoms. The van der Waals surface area contributed by atoms with E-state index in [1.807, 2.05) is 18.3 Å². The highest BCUT2D eigenvalue weighted by Gasteiger charge is 2.12. The average molecular weight is 458 g/mol. The number of pyridine rings is 1. The largest absolute Gasteiger partial charge is 0.384 e. The number of benzene rings is 3. The molecule has 4 aromatic rings. The van der Waals surface area contributed by atoms with Crippen molar-refractivity contribution in [1.29, 1.82) is 0 Å². The van der Waals surface area contributed by atoms with Gasteiger partial charge in [-0.15, -0.1) is 0 Å². The van der Waals surface area contributed by atoms with Crippen LogP contribution in [0.25, 0.3) is 33.2 Å². The standard InChI is InChI=1S/C29H32ClN3/c1-20-6-8-21(9-7-20)22-10-12-23(13-11-22)26-19-32-27-18-24(30)14-15-25(27)28(26)31-16-5-17-33-29(2,3)4/h6-15,18-19,33H,5,16-17H2,1-4H3,(H,31,32). The van der Waals surface area contributed by atoms with Crippen LogP contribution in [0.15, 0.2) is 72.9 Å². The van der Waals surface area contributed by atoms with E-state index in [2.05, 4.69) is 92.9 Å². The quantitative estimate of drug-likeness (QED) is 0.279. The van der Waals surface area contributed by atoms with Gasteiger partial charge in [0.15, 0.2) is 0 Å². The van der Waals surface area contributed by atoms with Crippen LogP contribution in [0, 0.1) is 6.92 Å². The molecule has 0 aliphatic heterocycles. The summed E-state index contributed by atoms with van der Waals surface area (Å²) in [5.74, 6) is 0. The number of halogens is 1. The van der Waals surface area contributed by atoms with E-state index in [1.165, 1.54) is 16.7 Å². The van der Waals surface area contributed by atoms with Crippen LogP contribution in [0.1, 0.15) is 32.8 Å². The van der Waals surface area contributed by atoms with Crippen LogP contribution in [0.3, 0.4) is 0 Å². The summed E-state index contributed by atoms with van der Waals surface area (Å²) in [5, 5.41) is 9.03. The average Bonchev–Trinajstić information content (AvgIpc) is 2.78. The van der Waals surface area contributed by atoms with Crippen molar-refractivity contribution in [2.45, 2.75) is 39.7 Å². The molecule has 3 aromatic carbocycles. The number of hydrogen-bond acceptors (Lipinski definition) is 3. The lowest BCUT2D eigenvalue weighted by molar-refractivity contribution is 0.425. The van der Waals surface area contributed by atoms with Crippen molar-refractivity contribution in [2.75, 3.05) is 18.4 Å². The van der Waals surface area contributed by atoms with Crippen molar-refractivity contribution in [3.8, 4) is 22.3 Å². The van der Waals surface area contributed by atoms with Crippen molar-refractivity contribution >= 4 is 28.2 Å². The van der Waals surface area contributed by atoms with Gasteiger partial charge in [-0.3, -0.25) is 4.98 Å². The van der Waals surface area contributed by atoms with Crippen LogP contribution in [-0.4, -0.2) is 23.6 Å². The van der Waals surface area contributed by atoms with Gasteiger partial charge in [-0.25, -0.2) is 0 Å². The monoisotopic (exact) mass is 457 g/mol. The third-order valence-corrected chi connectivity index (χ3v) is 5.96. The lowest BCUT2D eigenvalue weighted by Crippen LogP contribution is -2.36. The zero-order valence-electron chi connectivity index (χ0n) is 19.9. The first-order valence-electron chi connectivity index (χ1n) is 11.5. The summed E-state index contributed by atoms with van der Waals surface area (Å²) < 4.78 is 0. The Morgan fingerprint density at radius 3 is 2.12 bits per heavy atom. The smallest absolute Gasteiger partial charge is 0.0738 e. The molecule has 170 valence electrons. The van der Waals surface area contributed by atoms with Gasteiger partial charge in [0.05, 0.1) is 11.2 Å². The minimum absolute atomic E-state index is 0.129. The number of aromatic nitrogens is 1. The SMILES string of the molecule is Cc1ccc(-c2ccc(-c3cnc4cc(Cl)ccc4c3NCCCNC(C)(C)C)cc2)cc1. The second-order valence-electron chi connectivity index (χ2n) is 9.61. The van der Waals surface area contributed by atoms with Gasteiger partial charge in [0.25, 0.3) is 0 Å². The van der Waals surface area contributed by atoms with E-state index in [1.54, 1.807) is 0 Å². The lowest BCUT2D eigenvalue weighted by atomic mass is 9.98. The molecular formula is C29H32ClN3. The van der Waals surface area contributed by atoms with E-state index in [4.69, 9.17) is 16.6 Å². The van der Waals surface area contributed by atoms with Gasteiger partial charge in [0.2, 0.25) is 0 Å². The molecule has 4 heteroatoms. The van der Waals surface area contributed by atoms with Gasteiger partial charge in [-0.1, -0.05) is 65.7 Å². The van der Waals surface area contributed by atoms with Gasteiger partial charge in [-0.2, -0.15) is 0 Å². The molecule has 0 saturated carbocycles. The molecule has 0 unspecified atom stereocenters. The maximum Gasteiger partial charge on any atom is 0.0738 e. The van der Waals surface area contributed by atoms with E-state index in [9.17, 15) is 0 Å². The van der Waals surface area contributed by atoms with Gasteiger partial charge in [0.1, 0.15) is 0 Å². The molecule has 0 bridgehead atoms. The van der Waals surface area contributed by atoms with Crippen molar-refractivity contribution in [3.05, 3.63) is 83.5 Å². The first-order valence-corrected chi connectivity index (χ1v) is 11.9. The Morgan fingerprint density at radius 2 is 1.45 bits per heavy atom. The predicted octanol–water partition coefficient (Wildman–Crippen LogP) is 7.72. The lowest BCUT2D eigenvalue weighted by Gasteiger charge is -2.21. The first-order chi connectivity index (χ1) is 15.8. The molecule has 0 radical (unpaired) electrons. The highest BCUT2D eigenvalue weighted by atomic mass is 35.5. The van der Waals surface area contributed by atoms with E-state index >= 15 is 0 Å². The molecule has 0 atom stereocenters. The summed E-state index contributed by atoms with van der Waals surface area (Å²) in [6.45, 7) is 10.5. The molecule has 3 nitrogen and oxygen atoms in total. The molecule has 0 saturated heterocycles. The van der Waals surface area contributed by atoms with Crippen molar-refractivity contribution < 1.29 is 0 Å². The number of hydrogen-bond donors (Lipinski definition) is 2. The number of nitrogens with one attached hydrogen (secondary N) is 2. The maximum absolute atomic E-state index is 6.23. The summed E-state index contributed by atoms with van der Waals surface area (Å²) in [6.07, 6.45) is 2.98. The number of rotatable bonds is 7. The zero-order chi connectivity index (χ0) is 23.4. The predicted molar refractivity (Wildman–Crippen MR) is 143 cm³/mol. The molecule has 0 aliphatic rings. The minimum atomic E-state index is 0.129. The van der Waals surface area contributed by atoms with Crippen LogP contribution in [0.2, 0.25) is 5.02 Å². The topological polar surface area (TPSA) is 37.0 Å². The fourth-order valence-electron chi connectivity index (χ4n) is 3.93. The van der Waals surface area contributed by atoms with Crippen LogP contribution >= 0.6 is 11.6 Å². The van der Waals surface area contributed by atoms with Gasteiger partial charge < -0.3 is 10.6 Å². The molecule has 0 fully saturated rings. The Hall–Kier alpha value is -2.88. The first kappa shape index (κ1) is 23.3. The van der Waals surface area contributed by atoms with Crippen LogP contribution in [-0.2, 0) is 0 Å². The van der Waals surface area contributed by atoms with Crippen molar-refractivity contribution in [2.24, 2.45) is 0 Å². The zero-order valence-corrected chi connectivity index (χ0v) is 20.6. The second kappa shape index (κ2) is 9.94. The Bertz CT molecular complexity index is 1220. The Labute approximate surface area is 202 Å². The molecule has 1 heterocycles. The van der Waals surface area contributed by atoms with Crippen LogP contribution < -0.4 is 10.6 Å². The number of aryl methyl sites for hydroxylation is 1. The van der Waals surface area contributed by atoms with E-state index in [0.717, 1.165) is 47.2 Å². The summed E-state index contributed by atoms with van der Waals surface area (Å²) in [5.41, 5.74) is 8.09. The van der Waals surface area contributed by atoms with Crippen molar-refractivity contribution in [1.82, 2.24) is 10.3 Å². The molecule has 0 aliphatic carbocycles. The third kappa shape index (κ3) is 5.93. The van der Waals surface area contributed by atoms with Gasteiger partial charge in [0, 0.05) is 34.3 Å². The highest BCUT2D eigenvalue weighted by Crippen LogP contribution is 2.35. The summed E-state index contributed by atoms with van der Waals surface area (Å²) >= 11 is 6.23. The summed E-state index contributed by atoms with van der Waals surface area (Å²) in [4.78, 5) is 4.71. The molecule has 33 heavy (non-hydrogen) atoms. The van der Waals surface area contributed by atoms with E-state index in [-0.39, 0.29) is 5.54 Å². The van der Waals surface area contributed by atoms with E-state index in [0.29, 0.717) is 5.02 Å². The highest BCUT2D eigenvalue weighted by molar-refractivity contribution is 6.31. The fraction of sp³-hybridized carbons (Fsp3) is 0.276. The molecular weight excluding hydrogens is 426 g/mol. The van der Waals surface area contributed by atoms with Gasteiger partial charge in [-0.05, 0) is 75.5 Å². The molecule has 4 rings (SSSR count). The van der Waals surface area contributed by atoms with E-state index < -0.39 is 0 Å². The second-order valence-corrected chi connectivity index (χ2v) is 10.0. The fourth-order valence-corrected chi connectivity index (χ4v) is 4.10. The van der Waals surface area contributed by atoms with Crippen LogP contribution in [0.4, 0.5) is 5.69 Å². The van der Waals surface area contributed by atoms with Crippen LogP contribution in [0.5, 0.6) is 0 Å². The number of fused-ring (bicyclic) bond motifs is 1. The van der Waals surface area contributed by atoms with Gasteiger partial charge >= 0.3 is 0 Å². The number of nitrogens with zero attached hydrogens (tertiary/aromatic N) is 1. The Balaban J connectivity index is 1.62. The normalized spacial score (nSPS) is 11.7. The van der Waals surface area contributed by atoms with Crippen molar-refractivity contribution in [3.63, 3.8) is 0 Å². The number of anilines is 1. The maximum atomic E-state index is 6.23. The summed E-state index contributed by atoms with van der Waals surface area (Å²) in [7, 11) is 0. The Morgan fingerprint density at radius 1 is 0.818 bits per heavy atom. The molecule has 2 N–H and O–H groups in total. The molecule has 0 amide bonds. The molecule has 1 aromatic heterocycles. The Kier molecular flexibility index (Phi) is 7.02. The third-order valence-electron chi connectivity index (χ3n) is 5.72.